The topological polar surface area (TPSA) is 49.9 Å². The van der Waals surface area contributed by atoms with Crippen LogP contribution in [0.4, 0.5) is 4.79 Å². The van der Waals surface area contributed by atoms with Gasteiger partial charge in [0, 0.05) is 19.1 Å². The molecule has 1 aliphatic rings. The Morgan fingerprint density at radius 2 is 1.61 bits per heavy atom. The monoisotopic (exact) mass is 450 g/mol. The highest BCUT2D eigenvalue weighted by Gasteiger charge is 2.52. The van der Waals surface area contributed by atoms with Crippen LogP contribution in [0.3, 0.4) is 0 Å². The lowest BCUT2D eigenvalue weighted by Crippen LogP contribution is -2.51. The van der Waals surface area contributed by atoms with E-state index in [2.05, 4.69) is 36.1 Å². The fraction of sp³-hybridized carbons (Fsp3) is 0.500. The second-order valence-corrected chi connectivity index (χ2v) is 9.98. The van der Waals surface area contributed by atoms with E-state index in [1.807, 2.05) is 71.0 Å². The molecule has 0 aliphatic carbocycles. The summed E-state index contributed by atoms with van der Waals surface area (Å²) >= 11 is 0. The minimum absolute atomic E-state index is 0.108. The molecule has 0 bridgehead atoms. The summed E-state index contributed by atoms with van der Waals surface area (Å²) < 4.78 is 5.62. The zero-order valence-corrected chi connectivity index (χ0v) is 20.8. The largest absolute Gasteiger partial charge is 0.441 e. The van der Waals surface area contributed by atoms with Gasteiger partial charge in [0.2, 0.25) is 5.91 Å². The van der Waals surface area contributed by atoms with Gasteiger partial charge < -0.3 is 4.74 Å². The van der Waals surface area contributed by atoms with Crippen LogP contribution in [0.2, 0.25) is 0 Å². The number of hydrogen-bond acceptors (Lipinski definition) is 4. The van der Waals surface area contributed by atoms with E-state index in [0.717, 1.165) is 6.54 Å². The summed E-state index contributed by atoms with van der Waals surface area (Å²) in [5.74, 6) is -0.329. The number of amides is 2. The predicted octanol–water partition coefficient (Wildman–Crippen LogP) is 6.06. The van der Waals surface area contributed by atoms with Crippen molar-refractivity contribution in [1.82, 2.24) is 9.80 Å². The number of cyclic esters (lactones) is 1. The van der Waals surface area contributed by atoms with Crippen molar-refractivity contribution in [2.45, 2.75) is 72.2 Å². The molecule has 3 atom stereocenters. The number of nitrogens with zero attached hydrogens (tertiary/aromatic N) is 2. The standard InChI is InChI=1S/C28H38N2O3/c1-7-23(26(31)30-25(20(2)3)28(5,6)33-27(30)32)19-29(18-22-14-10-8-11-15-22)21(4)24-16-12-9-13-17-24/h8-17,20-21,23,25H,7,18-19H2,1-6H3/t21-,23+,25-/m0/s1. The summed E-state index contributed by atoms with van der Waals surface area (Å²) in [6.07, 6.45) is 0.133. The third-order valence-corrected chi connectivity index (χ3v) is 6.76. The van der Waals surface area contributed by atoms with Gasteiger partial charge in [-0.05, 0) is 44.2 Å². The molecule has 178 valence electrons. The second-order valence-electron chi connectivity index (χ2n) is 9.98. The van der Waals surface area contributed by atoms with E-state index in [4.69, 9.17) is 4.74 Å². The van der Waals surface area contributed by atoms with Crippen molar-refractivity contribution < 1.29 is 14.3 Å². The van der Waals surface area contributed by atoms with Gasteiger partial charge in [0.1, 0.15) is 5.60 Å². The van der Waals surface area contributed by atoms with Crippen LogP contribution in [0.15, 0.2) is 60.7 Å². The molecule has 2 aromatic carbocycles. The van der Waals surface area contributed by atoms with Crippen molar-refractivity contribution in [3.05, 3.63) is 71.8 Å². The third kappa shape index (κ3) is 5.64. The van der Waals surface area contributed by atoms with Crippen molar-refractivity contribution in [3.63, 3.8) is 0 Å². The van der Waals surface area contributed by atoms with E-state index in [0.29, 0.717) is 13.0 Å². The second kappa shape index (κ2) is 10.5. The SMILES string of the molecule is CC[C@H](CN(Cc1ccccc1)[C@@H](C)c1ccccc1)C(=O)N1C(=O)OC(C)(C)[C@@H]1C(C)C. The molecular formula is C28H38N2O3. The Morgan fingerprint density at radius 1 is 1.03 bits per heavy atom. The number of imide groups is 1. The molecule has 2 amide bonds. The summed E-state index contributed by atoms with van der Waals surface area (Å²) in [6.45, 7) is 13.3. The Bertz CT molecular complexity index is 927. The number of ether oxygens (including phenoxy) is 1. The Balaban J connectivity index is 1.88. The molecule has 0 N–H and O–H groups in total. The third-order valence-electron chi connectivity index (χ3n) is 6.76. The first kappa shape index (κ1) is 25.0. The smallest absolute Gasteiger partial charge is 0.417 e. The van der Waals surface area contributed by atoms with Crippen LogP contribution < -0.4 is 0 Å². The van der Waals surface area contributed by atoms with Crippen molar-refractivity contribution in [2.75, 3.05) is 6.54 Å². The minimum Gasteiger partial charge on any atom is -0.441 e. The molecule has 0 unspecified atom stereocenters. The van der Waals surface area contributed by atoms with Crippen molar-refractivity contribution >= 4 is 12.0 Å². The Morgan fingerprint density at radius 3 is 2.15 bits per heavy atom. The van der Waals surface area contributed by atoms with E-state index >= 15 is 0 Å². The normalized spacial score (nSPS) is 19.6. The highest BCUT2D eigenvalue weighted by atomic mass is 16.6. The maximum atomic E-state index is 13.7. The van der Waals surface area contributed by atoms with Crippen LogP contribution in [0, 0.1) is 11.8 Å². The Labute approximate surface area is 198 Å². The number of hydrogen-bond donors (Lipinski definition) is 0. The maximum absolute atomic E-state index is 13.7. The lowest BCUT2D eigenvalue weighted by molar-refractivity contribution is -0.135. The van der Waals surface area contributed by atoms with Gasteiger partial charge in [0.15, 0.2) is 0 Å². The van der Waals surface area contributed by atoms with Crippen LogP contribution in [-0.2, 0) is 16.1 Å². The Kier molecular flexibility index (Phi) is 7.96. The number of rotatable bonds is 9. The summed E-state index contributed by atoms with van der Waals surface area (Å²) in [5.41, 5.74) is 1.71. The molecule has 0 saturated carbocycles. The molecule has 1 heterocycles. The van der Waals surface area contributed by atoms with E-state index in [9.17, 15) is 9.59 Å². The average molecular weight is 451 g/mol. The van der Waals surface area contributed by atoms with Gasteiger partial charge in [-0.3, -0.25) is 9.69 Å². The first-order valence-corrected chi connectivity index (χ1v) is 12.0. The first-order valence-electron chi connectivity index (χ1n) is 12.0. The zero-order chi connectivity index (χ0) is 24.2. The molecule has 5 heteroatoms. The number of benzene rings is 2. The highest BCUT2D eigenvalue weighted by Crippen LogP contribution is 2.36. The van der Waals surface area contributed by atoms with E-state index in [1.165, 1.54) is 16.0 Å². The first-order chi connectivity index (χ1) is 15.7. The van der Waals surface area contributed by atoms with Crippen molar-refractivity contribution in [2.24, 2.45) is 11.8 Å². The van der Waals surface area contributed by atoms with Gasteiger partial charge in [-0.15, -0.1) is 0 Å². The highest BCUT2D eigenvalue weighted by molar-refractivity contribution is 5.95. The van der Waals surface area contributed by atoms with E-state index in [-0.39, 0.29) is 29.8 Å². The lowest BCUT2D eigenvalue weighted by Gasteiger charge is -2.35. The molecule has 3 rings (SSSR count). The van der Waals surface area contributed by atoms with Crippen LogP contribution >= 0.6 is 0 Å². The number of carbonyl (C=O) groups excluding carboxylic acids is 2. The maximum Gasteiger partial charge on any atom is 0.417 e. The summed E-state index contributed by atoms with van der Waals surface area (Å²) in [6, 6.07) is 20.5. The molecule has 0 spiro atoms. The fourth-order valence-electron chi connectivity index (χ4n) is 5.07. The molecular weight excluding hydrogens is 412 g/mol. The van der Waals surface area contributed by atoms with Gasteiger partial charge in [-0.1, -0.05) is 81.4 Å². The van der Waals surface area contributed by atoms with Crippen LogP contribution in [0.25, 0.3) is 0 Å². The fourth-order valence-corrected chi connectivity index (χ4v) is 5.07. The van der Waals surface area contributed by atoms with E-state index < -0.39 is 11.7 Å². The minimum atomic E-state index is -0.694. The molecule has 1 aliphatic heterocycles. The van der Waals surface area contributed by atoms with Gasteiger partial charge >= 0.3 is 6.09 Å². The van der Waals surface area contributed by atoms with Crippen molar-refractivity contribution in [3.8, 4) is 0 Å². The van der Waals surface area contributed by atoms with Gasteiger partial charge in [-0.2, -0.15) is 0 Å². The summed E-state index contributed by atoms with van der Waals surface area (Å²) in [4.78, 5) is 30.2. The predicted molar refractivity (Wildman–Crippen MR) is 132 cm³/mol. The summed E-state index contributed by atoms with van der Waals surface area (Å²) in [5, 5.41) is 0. The van der Waals surface area contributed by atoms with Crippen LogP contribution in [0.1, 0.15) is 65.1 Å². The Hall–Kier alpha value is -2.66. The lowest BCUT2D eigenvalue weighted by atomic mass is 9.88. The molecule has 0 radical (unpaired) electrons. The van der Waals surface area contributed by atoms with Crippen LogP contribution in [-0.4, -0.2) is 40.0 Å². The molecule has 1 saturated heterocycles. The van der Waals surface area contributed by atoms with E-state index in [1.54, 1.807) is 0 Å². The quantitative estimate of drug-likeness (QED) is 0.466. The number of carbonyl (C=O) groups is 2. The molecule has 0 aromatic heterocycles. The van der Waals surface area contributed by atoms with Crippen molar-refractivity contribution in [1.29, 1.82) is 0 Å². The molecule has 2 aromatic rings. The molecule has 33 heavy (non-hydrogen) atoms. The zero-order valence-electron chi connectivity index (χ0n) is 20.8. The average Bonchev–Trinajstić information content (AvgIpc) is 3.05. The van der Waals surface area contributed by atoms with Crippen LogP contribution in [0.5, 0.6) is 0 Å². The molecule has 1 fully saturated rings. The van der Waals surface area contributed by atoms with Gasteiger partial charge in [0.05, 0.1) is 12.0 Å². The van der Waals surface area contributed by atoms with Gasteiger partial charge in [-0.25, -0.2) is 9.69 Å². The van der Waals surface area contributed by atoms with Gasteiger partial charge in [0.25, 0.3) is 0 Å². The summed E-state index contributed by atoms with van der Waals surface area (Å²) in [7, 11) is 0. The molecule has 5 nitrogen and oxygen atoms in total.